The van der Waals surface area contributed by atoms with Gasteiger partial charge in [-0.05, 0) is 56.4 Å². The number of methoxy groups -OCH3 is 1. The van der Waals surface area contributed by atoms with Crippen LogP contribution in [0.5, 0.6) is 0 Å². The van der Waals surface area contributed by atoms with E-state index < -0.39 is 15.8 Å². The highest BCUT2D eigenvalue weighted by Crippen LogP contribution is 2.27. The standard InChI is InChI=1S/C22H32FN3O5S/c1-31-16-2-11-24-21(27)17-7-12-25(13-8-17)22(28)18-9-14-26(15-10-18)32(29,30)20-5-3-19(23)4-6-20/h3-6,17-18H,2,7-16H2,1H3,(H,24,27). The summed E-state index contributed by atoms with van der Waals surface area (Å²) in [7, 11) is -2.06. The van der Waals surface area contributed by atoms with E-state index in [2.05, 4.69) is 5.32 Å². The lowest BCUT2D eigenvalue weighted by atomic mass is 9.92. The molecule has 178 valence electrons. The average molecular weight is 470 g/mol. The maximum Gasteiger partial charge on any atom is 0.243 e. The Bertz CT molecular complexity index is 877. The predicted molar refractivity (Wildman–Crippen MR) is 117 cm³/mol. The van der Waals surface area contributed by atoms with Gasteiger partial charge in [0.05, 0.1) is 4.90 Å². The Morgan fingerprint density at radius 1 is 1.03 bits per heavy atom. The monoisotopic (exact) mass is 469 g/mol. The number of sulfonamides is 1. The van der Waals surface area contributed by atoms with Crippen molar-refractivity contribution in [1.82, 2.24) is 14.5 Å². The van der Waals surface area contributed by atoms with Crippen LogP contribution in [0, 0.1) is 17.7 Å². The van der Waals surface area contributed by atoms with Crippen LogP contribution in [-0.4, -0.2) is 75.9 Å². The number of piperidine rings is 2. The molecule has 3 rings (SSSR count). The second-order valence-corrected chi connectivity index (χ2v) is 10.3. The van der Waals surface area contributed by atoms with Crippen molar-refractivity contribution in [3.05, 3.63) is 30.1 Å². The van der Waals surface area contributed by atoms with Crippen LogP contribution < -0.4 is 5.32 Å². The van der Waals surface area contributed by atoms with E-state index in [0.29, 0.717) is 51.9 Å². The number of likely N-dealkylation sites (tertiary alicyclic amines) is 1. The number of ether oxygens (including phenoxy) is 1. The van der Waals surface area contributed by atoms with Crippen LogP contribution in [0.25, 0.3) is 0 Å². The van der Waals surface area contributed by atoms with Crippen LogP contribution >= 0.6 is 0 Å². The lowest BCUT2D eigenvalue weighted by Gasteiger charge is -2.36. The van der Waals surface area contributed by atoms with Crippen molar-refractivity contribution in [3.8, 4) is 0 Å². The molecule has 0 saturated carbocycles. The molecule has 2 amide bonds. The first-order valence-electron chi connectivity index (χ1n) is 11.1. The van der Waals surface area contributed by atoms with E-state index in [1.165, 1.54) is 16.4 Å². The van der Waals surface area contributed by atoms with Crippen LogP contribution in [-0.2, 0) is 24.3 Å². The summed E-state index contributed by atoms with van der Waals surface area (Å²) >= 11 is 0. The molecule has 1 aromatic rings. The number of nitrogens with zero attached hydrogens (tertiary/aromatic N) is 2. The molecule has 0 unspecified atom stereocenters. The van der Waals surface area contributed by atoms with Gasteiger partial charge < -0.3 is 15.0 Å². The van der Waals surface area contributed by atoms with Crippen molar-refractivity contribution < 1.29 is 27.1 Å². The van der Waals surface area contributed by atoms with Gasteiger partial charge in [0.1, 0.15) is 5.82 Å². The zero-order valence-corrected chi connectivity index (χ0v) is 19.3. The number of rotatable bonds is 8. The van der Waals surface area contributed by atoms with Crippen LogP contribution in [0.1, 0.15) is 32.1 Å². The lowest BCUT2D eigenvalue weighted by Crippen LogP contribution is -2.48. The first kappa shape index (κ1) is 24.6. The topological polar surface area (TPSA) is 96.0 Å². The molecule has 10 heteroatoms. The summed E-state index contributed by atoms with van der Waals surface area (Å²) in [5.74, 6) is -0.700. The summed E-state index contributed by atoms with van der Waals surface area (Å²) < 4.78 is 45.0. The molecule has 1 N–H and O–H groups in total. The molecule has 0 bridgehead atoms. The second kappa shape index (κ2) is 11.2. The Morgan fingerprint density at radius 3 is 2.22 bits per heavy atom. The minimum atomic E-state index is -3.69. The molecule has 0 aliphatic carbocycles. The Balaban J connectivity index is 1.45. The van der Waals surface area contributed by atoms with Crippen molar-refractivity contribution >= 4 is 21.8 Å². The first-order valence-corrected chi connectivity index (χ1v) is 12.6. The average Bonchev–Trinajstić information content (AvgIpc) is 2.82. The summed E-state index contributed by atoms with van der Waals surface area (Å²) in [6.07, 6.45) is 2.97. The normalized spacial score (nSPS) is 19.1. The fourth-order valence-electron chi connectivity index (χ4n) is 4.29. The van der Waals surface area contributed by atoms with Crippen molar-refractivity contribution in [1.29, 1.82) is 0 Å². The molecule has 0 spiro atoms. The predicted octanol–water partition coefficient (Wildman–Crippen LogP) is 1.62. The SMILES string of the molecule is COCCCNC(=O)C1CCN(C(=O)C2CCN(S(=O)(=O)c3ccc(F)cc3)CC2)CC1. The number of amides is 2. The summed E-state index contributed by atoms with van der Waals surface area (Å²) in [5, 5.41) is 2.92. The molecule has 32 heavy (non-hydrogen) atoms. The molecular formula is C22H32FN3O5S. The summed E-state index contributed by atoms with van der Waals surface area (Å²) in [4.78, 5) is 27.1. The van der Waals surface area contributed by atoms with E-state index in [4.69, 9.17) is 4.74 Å². The van der Waals surface area contributed by atoms with E-state index >= 15 is 0 Å². The highest BCUT2D eigenvalue weighted by Gasteiger charge is 2.35. The Labute approximate surface area is 189 Å². The molecule has 0 radical (unpaired) electrons. The largest absolute Gasteiger partial charge is 0.385 e. The molecule has 2 saturated heterocycles. The quantitative estimate of drug-likeness (QED) is 0.584. The third kappa shape index (κ3) is 6.05. The Kier molecular flexibility index (Phi) is 8.61. The van der Waals surface area contributed by atoms with Gasteiger partial charge in [-0.25, -0.2) is 12.8 Å². The van der Waals surface area contributed by atoms with Crippen molar-refractivity contribution in [2.24, 2.45) is 11.8 Å². The molecule has 2 aliphatic rings. The minimum Gasteiger partial charge on any atom is -0.385 e. The number of carbonyl (C=O) groups is 2. The molecule has 1 aromatic carbocycles. The van der Waals surface area contributed by atoms with Gasteiger partial charge in [-0.2, -0.15) is 4.31 Å². The smallest absolute Gasteiger partial charge is 0.243 e. The Hall–Kier alpha value is -2.04. The fraction of sp³-hybridized carbons (Fsp3) is 0.636. The summed E-state index contributed by atoms with van der Waals surface area (Å²) in [6, 6.07) is 4.79. The van der Waals surface area contributed by atoms with Gasteiger partial charge >= 0.3 is 0 Å². The van der Waals surface area contributed by atoms with Gasteiger partial charge in [-0.1, -0.05) is 0 Å². The zero-order valence-electron chi connectivity index (χ0n) is 18.5. The van der Waals surface area contributed by atoms with Gasteiger partial charge in [0.2, 0.25) is 21.8 Å². The summed E-state index contributed by atoms with van der Waals surface area (Å²) in [6.45, 7) is 2.81. The van der Waals surface area contributed by atoms with Gasteiger partial charge in [-0.15, -0.1) is 0 Å². The molecule has 0 atom stereocenters. The van der Waals surface area contributed by atoms with Crippen LogP contribution in [0.3, 0.4) is 0 Å². The van der Waals surface area contributed by atoms with Gasteiger partial charge in [-0.3, -0.25) is 9.59 Å². The molecular weight excluding hydrogens is 437 g/mol. The maximum absolute atomic E-state index is 13.1. The molecule has 8 nitrogen and oxygen atoms in total. The zero-order chi connectivity index (χ0) is 23.1. The highest BCUT2D eigenvalue weighted by molar-refractivity contribution is 7.89. The van der Waals surface area contributed by atoms with Crippen LogP contribution in [0.2, 0.25) is 0 Å². The van der Waals surface area contributed by atoms with Crippen LogP contribution in [0.4, 0.5) is 4.39 Å². The minimum absolute atomic E-state index is 0.0347. The van der Waals surface area contributed by atoms with E-state index in [1.54, 1.807) is 7.11 Å². The third-order valence-electron chi connectivity index (χ3n) is 6.26. The Morgan fingerprint density at radius 2 is 1.62 bits per heavy atom. The van der Waals surface area contributed by atoms with Gasteiger partial charge in [0, 0.05) is 58.3 Å². The van der Waals surface area contributed by atoms with E-state index in [9.17, 15) is 22.4 Å². The number of benzene rings is 1. The van der Waals surface area contributed by atoms with E-state index in [-0.39, 0.29) is 41.6 Å². The molecule has 2 aliphatic heterocycles. The third-order valence-corrected chi connectivity index (χ3v) is 8.17. The van der Waals surface area contributed by atoms with Crippen molar-refractivity contribution in [2.45, 2.75) is 37.0 Å². The highest BCUT2D eigenvalue weighted by atomic mass is 32.2. The maximum atomic E-state index is 13.1. The van der Waals surface area contributed by atoms with Crippen molar-refractivity contribution in [2.75, 3.05) is 46.4 Å². The van der Waals surface area contributed by atoms with E-state index in [1.807, 2.05) is 4.90 Å². The number of carbonyl (C=O) groups excluding carboxylic acids is 2. The van der Waals surface area contributed by atoms with Crippen molar-refractivity contribution in [3.63, 3.8) is 0 Å². The fourth-order valence-corrected chi connectivity index (χ4v) is 5.76. The number of hydrogen-bond acceptors (Lipinski definition) is 5. The number of halogens is 1. The first-order chi connectivity index (χ1) is 15.3. The number of nitrogens with one attached hydrogen (secondary N) is 1. The van der Waals surface area contributed by atoms with Gasteiger partial charge in [0.25, 0.3) is 0 Å². The molecule has 2 heterocycles. The second-order valence-electron chi connectivity index (χ2n) is 8.37. The number of hydrogen-bond donors (Lipinski definition) is 1. The lowest BCUT2D eigenvalue weighted by molar-refractivity contribution is -0.140. The van der Waals surface area contributed by atoms with E-state index in [0.717, 1.165) is 18.6 Å². The van der Waals surface area contributed by atoms with Gasteiger partial charge in [0.15, 0.2) is 0 Å². The van der Waals surface area contributed by atoms with Crippen LogP contribution in [0.15, 0.2) is 29.2 Å². The molecule has 0 aromatic heterocycles. The summed E-state index contributed by atoms with van der Waals surface area (Å²) in [5.41, 5.74) is 0. The molecule has 2 fully saturated rings.